The molecule has 1 heterocycles. The Hall–Kier alpha value is -3.87. The molecule has 3 rings (SSSR count). The lowest BCUT2D eigenvalue weighted by molar-refractivity contribution is 0.0954. The first kappa shape index (κ1) is 20.9. The number of ether oxygens (including phenoxy) is 1. The molecule has 3 N–H and O–H groups in total. The number of carbonyl (C=O) groups is 2. The molecular formula is C23H24N4O3. The molecule has 3 aromatic rings. The Labute approximate surface area is 175 Å². The van der Waals surface area contributed by atoms with E-state index in [-0.39, 0.29) is 11.8 Å². The minimum atomic E-state index is -0.336. The third-order valence-electron chi connectivity index (χ3n) is 4.50. The quantitative estimate of drug-likeness (QED) is 0.550. The largest absolute Gasteiger partial charge is 0.495 e. The molecular weight excluding hydrogens is 380 g/mol. The fraction of sp³-hybridized carbons (Fsp3) is 0.174. The van der Waals surface area contributed by atoms with Crippen molar-refractivity contribution in [1.82, 2.24) is 10.3 Å². The van der Waals surface area contributed by atoms with Crippen LogP contribution >= 0.6 is 0 Å². The predicted octanol–water partition coefficient (Wildman–Crippen LogP) is 4.14. The van der Waals surface area contributed by atoms with Gasteiger partial charge in [0.2, 0.25) is 0 Å². The van der Waals surface area contributed by atoms with Crippen LogP contribution in [0.5, 0.6) is 5.75 Å². The maximum Gasteiger partial charge on any atom is 0.259 e. The van der Waals surface area contributed by atoms with E-state index in [0.717, 1.165) is 5.56 Å². The summed E-state index contributed by atoms with van der Waals surface area (Å²) in [6, 6.07) is 16.0. The van der Waals surface area contributed by atoms with Crippen molar-refractivity contribution in [3.05, 3.63) is 77.5 Å². The highest BCUT2D eigenvalue weighted by Crippen LogP contribution is 2.28. The number of para-hydroxylation sites is 2. The fourth-order valence-electron chi connectivity index (χ4n) is 2.91. The van der Waals surface area contributed by atoms with Gasteiger partial charge in [-0.15, -0.1) is 0 Å². The van der Waals surface area contributed by atoms with E-state index < -0.39 is 0 Å². The van der Waals surface area contributed by atoms with Crippen molar-refractivity contribution in [1.29, 1.82) is 0 Å². The van der Waals surface area contributed by atoms with Gasteiger partial charge in [-0.05, 0) is 55.8 Å². The van der Waals surface area contributed by atoms with E-state index in [4.69, 9.17) is 4.74 Å². The number of aromatic nitrogens is 1. The van der Waals surface area contributed by atoms with Crippen LogP contribution in [0.4, 0.5) is 17.2 Å². The van der Waals surface area contributed by atoms with Gasteiger partial charge in [0, 0.05) is 24.0 Å². The van der Waals surface area contributed by atoms with Crippen LogP contribution in [0.1, 0.15) is 33.2 Å². The van der Waals surface area contributed by atoms with E-state index in [1.807, 2.05) is 38.1 Å². The molecule has 2 amide bonds. The maximum absolute atomic E-state index is 13.0. The number of hydrogen-bond acceptors (Lipinski definition) is 5. The summed E-state index contributed by atoms with van der Waals surface area (Å²) in [6.07, 6.45) is 1.61. The zero-order valence-corrected chi connectivity index (χ0v) is 17.2. The first-order valence-corrected chi connectivity index (χ1v) is 9.58. The Morgan fingerprint density at radius 3 is 2.57 bits per heavy atom. The molecule has 7 heteroatoms. The van der Waals surface area contributed by atoms with E-state index >= 15 is 0 Å². The summed E-state index contributed by atoms with van der Waals surface area (Å²) in [6.45, 7) is 4.25. The molecule has 0 saturated carbocycles. The summed E-state index contributed by atoms with van der Waals surface area (Å²) in [4.78, 5) is 29.5. The molecule has 30 heavy (non-hydrogen) atoms. The van der Waals surface area contributed by atoms with Gasteiger partial charge in [0.05, 0.1) is 18.4 Å². The van der Waals surface area contributed by atoms with Gasteiger partial charge in [-0.1, -0.05) is 18.2 Å². The first-order valence-electron chi connectivity index (χ1n) is 9.58. The Balaban J connectivity index is 1.87. The van der Waals surface area contributed by atoms with Crippen LogP contribution in [-0.4, -0.2) is 30.5 Å². The van der Waals surface area contributed by atoms with Gasteiger partial charge < -0.3 is 20.7 Å². The molecule has 7 nitrogen and oxygen atoms in total. The summed E-state index contributed by atoms with van der Waals surface area (Å²) >= 11 is 0. The molecule has 0 unspecified atom stereocenters. The van der Waals surface area contributed by atoms with Crippen molar-refractivity contribution in [2.75, 3.05) is 24.3 Å². The van der Waals surface area contributed by atoms with E-state index in [1.165, 1.54) is 0 Å². The Morgan fingerprint density at radius 2 is 1.80 bits per heavy atom. The molecule has 0 spiro atoms. The van der Waals surface area contributed by atoms with Gasteiger partial charge >= 0.3 is 0 Å². The normalized spacial score (nSPS) is 10.2. The monoisotopic (exact) mass is 404 g/mol. The molecule has 2 aromatic carbocycles. The van der Waals surface area contributed by atoms with Crippen molar-refractivity contribution >= 4 is 29.0 Å². The molecule has 154 valence electrons. The zero-order chi connectivity index (χ0) is 21.5. The predicted molar refractivity (Wildman–Crippen MR) is 118 cm³/mol. The standard InChI is InChI=1S/C23H24N4O3/c1-4-24-22(28)16-12-11-15(2)19(14-16)27-23(29)17-8-7-13-25-21(17)26-18-9-5-6-10-20(18)30-3/h5-14H,4H2,1-3H3,(H,24,28)(H,25,26)(H,27,29). The molecule has 0 fully saturated rings. The van der Waals surface area contributed by atoms with Gasteiger partial charge in [-0.3, -0.25) is 9.59 Å². The second-order valence-corrected chi connectivity index (χ2v) is 6.57. The molecule has 0 aliphatic rings. The maximum atomic E-state index is 13.0. The number of methoxy groups -OCH3 is 1. The Bertz CT molecular complexity index is 1070. The minimum Gasteiger partial charge on any atom is -0.495 e. The van der Waals surface area contributed by atoms with Crippen molar-refractivity contribution in [2.24, 2.45) is 0 Å². The first-order chi connectivity index (χ1) is 14.5. The lowest BCUT2D eigenvalue weighted by Crippen LogP contribution is -2.23. The Kier molecular flexibility index (Phi) is 6.64. The number of nitrogens with one attached hydrogen (secondary N) is 3. The molecule has 0 aliphatic heterocycles. The number of pyridine rings is 1. The van der Waals surface area contributed by atoms with Crippen LogP contribution in [0.15, 0.2) is 60.8 Å². The summed E-state index contributed by atoms with van der Waals surface area (Å²) in [5.41, 5.74) is 2.96. The smallest absolute Gasteiger partial charge is 0.259 e. The van der Waals surface area contributed by atoms with Gasteiger partial charge in [0.15, 0.2) is 0 Å². The molecule has 0 aliphatic carbocycles. The van der Waals surface area contributed by atoms with E-state index in [2.05, 4.69) is 20.9 Å². The van der Waals surface area contributed by atoms with Crippen molar-refractivity contribution < 1.29 is 14.3 Å². The minimum absolute atomic E-state index is 0.187. The lowest BCUT2D eigenvalue weighted by Gasteiger charge is -2.14. The van der Waals surface area contributed by atoms with E-state index in [9.17, 15) is 9.59 Å². The van der Waals surface area contributed by atoms with Crippen LogP contribution < -0.4 is 20.7 Å². The second kappa shape index (κ2) is 9.56. The molecule has 0 bridgehead atoms. The summed E-state index contributed by atoms with van der Waals surface area (Å²) in [5, 5.41) is 8.80. The van der Waals surface area contributed by atoms with Crippen LogP contribution in [0.3, 0.4) is 0 Å². The third-order valence-corrected chi connectivity index (χ3v) is 4.50. The summed E-state index contributed by atoms with van der Waals surface area (Å²) in [5.74, 6) is 0.515. The molecule has 0 atom stereocenters. The van der Waals surface area contributed by atoms with Gasteiger partial charge in [0.25, 0.3) is 11.8 Å². The topological polar surface area (TPSA) is 92.4 Å². The van der Waals surface area contributed by atoms with Gasteiger partial charge in [-0.2, -0.15) is 0 Å². The number of rotatable bonds is 7. The zero-order valence-electron chi connectivity index (χ0n) is 17.2. The van der Waals surface area contributed by atoms with Crippen molar-refractivity contribution in [2.45, 2.75) is 13.8 Å². The highest BCUT2D eigenvalue weighted by molar-refractivity contribution is 6.08. The molecule has 0 radical (unpaired) electrons. The van der Waals surface area contributed by atoms with Gasteiger partial charge in [-0.25, -0.2) is 4.98 Å². The van der Waals surface area contributed by atoms with Crippen LogP contribution in [0.25, 0.3) is 0 Å². The highest BCUT2D eigenvalue weighted by atomic mass is 16.5. The number of carbonyl (C=O) groups excluding carboxylic acids is 2. The number of anilines is 3. The average Bonchev–Trinajstić information content (AvgIpc) is 2.76. The highest BCUT2D eigenvalue weighted by Gasteiger charge is 2.16. The summed E-state index contributed by atoms with van der Waals surface area (Å²) < 4.78 is 5.36. The van der Waals surface area contributed by atoms with E-state index in [1.54, 1.807) is 43.6 Å². The SMILES string of the molecule is CCNC(=O)c1ccc(C)c(NC(=O)c2cccnc2Nc2ccccc2OC)c1. The number of amides is 2. The fourth-order valence-corrected chi connectivity index (χ4v) is 2.91. The van der Waals surface area contributed by atoms with E-state index in [0.29, 0.717) is 40.6 Å². The lowest BCUT2D eigenvalue weighted by atomic mass is 10.1. The van der Waals surface area contributed by atoms with Crippen LogP contribution in [0, 0.1) is 6.92 Å². The average molecular weight is 404 g/mol. The number of nitrogens with zero attached hydrogens (tertiary/aromatic N) is 1. The number of hydrogen-bond donors (Lipinski definition) is 3. The summed E-state index contributed by atoms with van der Waals surface area (Å²) in [7, 11) is 1.58. The van der Waals surface area contributed by atoms with Gasteiger partial charge in [0.1, 0.15) is 11.6 Å². The Morgan fingerprint density at radius 1 is 1.00 bits per heavy atom. The number of aryl methyl sites for hydroxylation is 1. The second-order valence-electron chi connectivity index (χ2n) is 6.57. The molecule has 0 saturated heterocycles. The van der Waals surface area contributed by atoms with Crippen LogP contribution in [0.2, 0.25) is 0 Å². The van der Waals surface area contributed by atoms with Crippen molar-refractivity contribution in [3.8, 4) is 5.75 Å². The molecule has 1 aromatic heterocycles. The van der Waals surface area contributed by atoms with Crippen LogP contribution in [-0.2, 0) is 0 Å². The third kappa shape index (κ3) is 4.75. The van der Waals surface area contributed by atoms with Crippen molar-refractivity contribution in [3.63, 3.8) is 0 Å². The number of benzene rings is 2.